The Hall–Kier alpha value is 0.949. The van der Waals surface area contributed by atoms with Crippen molar-refractivity contribution < 1.29 is 6.51 Å². The predicted molar refractivity (Wildman–Crippen MR) is 60.1 cm³/mol. The second-order valence-electron chi connectivity index (χ2n) is 11.1. The molecule has 10 rings (SSSR count). The summed E-state index contributed by atoms with van der Waals surface area (Å²) >= 11 is 0. The van der Waals surface area contributed by atoms with Gasteiger partial charge in [-0.05, 0) is 0 Å². The van der Waals surface area contributed by atoms with E-state index < -0.39 is 6.51 Å². The molecule has 0 bridgehead atoms. The molecule has 4 atom stereocenters. The normalized spacial score (nSPS) is 134. The first-order valence-electron chi connectivity index (χ1n) is 6.82. The summed E-state index contributed by atoms with van der Waals surface area (Å²) in [4.78, 5) is 14.1. The molecule has 15 heavy (non-hydrogen) atoms. The van der Waals surface area contributed by atoms with Crippen LogP contribution in [0.4, 0.5) is 0 Å². The monoisotopic (exact) mass is 260 g/mol. The van der Waals surface area contributed by atoms with Crippen LogP contribution in [0.2, 0.25) is 47.7 Å². The third-order valence-corrected chi connectivity index (χ3v) is 59.9. The summed E-state index contributed by atoms with van der Waals surface area (Å²) in [6.45, 7) is 2.59. The molecule has 0 radical (unpaired) electrons. The summed E-state index contributed by atoms with van der Waals surface area (Å²) in [6, 6.07) is 0. The van der Waals surface area contributed by atoms with Crippen LogP contribution in [0, 0.1) is 0 Å². The number of hydrogen-bond acceptors (Lipinski definition) is 0. The zero-order valence-electron chi connectivity index (χ0n) is 9.20. The van der Waals surface area contributed by atoms with Gasteiger partial charge in [-0.1, -0.05) is 0 Å². The molecule has 10 aliphatic heterocycles. The van der Waals surface area contributed by atoms with Crippen LogP contribution in [0.3, 0.4) is 0 Å². The van der Waals surface area contributed by atoms with E-state index in [4.69, 9.17) is 0 Å². The maximum atomic E-state index is 2.58. The van der Waals surface area contributed by atoms with Crippen molar-refractivity contribution in [1.29, 1.82) is 0 Å². The van der Waals surface area contributed by atoms with Gasteiger partial charge in [0, 0.05) is 0 Å². The molecule has 0 nitrogen and oxygen atoms in total. The molecule has 10 aliphatic rings. The maximum absolute atomic E-state index is 2.58. The summed E-state index contributed by atoms with van der Waals surface area (Å²) in [7, 11) is 0.428. The summed E-state index contributed by atoms with van der Waals surface area (Å²) in [5, 5.41) is 0. The number of hydrogen-bond donors (Lipinski definition) is 0. The minimum atomic E-state index is -2.58. The summed E-state index contributed by atoms with van der Waals surface area (Å²) < 4.78 is 1.24. The van der Waals surface area contributed by atoms with E-state index in [0.29, 0.717) is 7.92 Å². The molecule has 1 spiro atoms. The first-order chi connectivity index (χ1) is 6.96. The molecule has 0 aromatic rings. The standard InChI is InChI=1S/C8H12P.C5H5.Fe/c1-9(2)7-8-5-3-4-6-8;1-2-4-5-3-1;/h3-6H,7H2,1-2H3;1-5H;. The average molecular weight is 260 g/mol. The van der Waals surface area contributed by atoms with Crippen LogP contribution >= 0.6 is 7.92 Å². The molecular weight excluding hydrogens is 243 g/mol. The van der Waals surface area contributed by atoms with Crippen LogP contribution in [0.5, 0.6) is 0 Å². The van der Waals surface area contributed by atoms with Gasteiger partial charge in [0.1, 0.15) is 0 Å². The van der Waals surface area contributed by atoms with Gasteiger partial charge in [-0.2, -0.15) is 0 Å². The molecule has 0 saturated carbocycles. The molecular formula is C13H17FeP. The Morgan fingerprint density at radius 3 is 1.53 bits per heavy atom. The van der Waals surface area contributed by atoms with Crippen LogP contribution in [0.1, 0.15) is 0 Å². The Morgan fingerprint density at radius 2 is 1.33 bits per heavy atom. The third kappa shape index (κ3) is 0.0523. The van der Waals surface area contributed by atoms with Crippen LogP contribution in [0.25, 0.3) is 0 Å². The van der Waals surface area contributed by atoms with Crippen LogP contribution in [0.15, 0.2) is 0 Å². The minimum absolute atomic E-state index is 0.428. The Morgan fingerprint density at radius 1 is 0.867 bits per heavy atom. The molecule has 10 saturated heterocycles. The van der Waals surface area contributed by atoms with Gasteiger partial charge in [-0.25, -0.2) is 0 Å². The Balaban J connectivity index is 1.70. The van der Waals surface area contributed by atoms with Crippen molar-refractivity contribution in [1.82, 2.24) is 0 Å². The molecule has 10 heterocycles. The fourth-order valence-electron chi connectivity index (χ4n) is 17.6. The Bertz CT molecular complexity index is 815. The third-order valence-electron chi connectivity index (χ3n) is 15.5. The van der Waals surface area contributed by atoms with Crippen molar-refractivity contribution in [2.45, 2.75) is 47.7 Å². The van der Waals surface area contributed by atoms with Crippen LogP contribution in [-0.2, 0) is 6.51 Å². The molecule has 2 heteroatoms. The van der Waals surface area contributed by atoms with Crippen molar-refractivity contribution >= 4 is 7.92 Å². The molecule has 0 aliphatic carbocycles. The molecule has 10 fully saturated rings. The zero-order chi connectivity index (χ0) is 9.30. The topological polar surface area (TPSA) is 0 Å². The van der Waals surface area contributed by atoms with E-state index in [2.05, 4.69) is 13.3 Å². The van der Waals surface area contributed by atoms with Gasteiger partial charge in [-0.15, -0.1) is 0 Å². The first kappa shape index (κ1) is 5.73. The van der Waals surface area contributed by atoms with Gasteiger partial charge in [0.2, 0.25) is 0 Å². The fourth-order valence-corrected chi connectivity index (χ4v) is 97.2. The predicted octanol–water partition coefficient (Wildman–Crippen LogP) is 4.49. The summed E-state index contributed by atoms with van der Waals surface area (Å²) in [5.41, 5.74) is 0. The first-order valence-corrected chi connectivity index (χ1v) is 15.5. The van der Waals surface area contributed by atoms with E-state index >= 15 is 0 Å². The van der Waals surface area contributed by atoms with Crippen molar-refractivity contribution in [2.75, 3.05) is 19.5 Å². The van der Waals surface area contributed by atoms with Crippen molar-refractivity contribution in [3.63, 3.8) is 0 Å². The van der Waals surface area contributed by atoms with E-state index in [-0.39, 0.29) is 0 Å². The van der Waals surface area contributed by atoms with E-state index in [9.17, 15) is 0 Å². The van der Waals surface area contributed by atoms with Gasteiger partial charge in [0.05, 0.1) is 0 Å². The van der Waals surface area contributed by atoms with Gasteiger partial charge >= 0.3 is 81.6 Å². The summed E-state index contributed by atoms with van der Waals surface area (Å²) in [5.74, 6) is 0. The second kappa shape index (κ2) is 0.423. The van der Waals surface area contributed by atoms with E-state index in [1.54, 1.807) is 49.5 Å². The van der Waals surface area contributed by atoms with Gasteiger partial charge in [0.15, 0.2) is 0 Å². The van der Waals surface area contributed by atoms with Gasteiger partial charge in [0.25, 0.3) is 0 Å². The van der Waals surface area contributed by atoms with Gasteiger partial charge < -0.3 is 0 Å². The SMILES string of the molecule is CP(C)C[C]12[CH]3[CH]4[CH]5[CH]1[Fe]45321678[CH]2[CH]1[CH]6[CH]7[CH]28. The molecule has 82 valence electrons. The van der Waals surface area contributed by atoms with Gasteiger partial charge in [-0.3, -0.25) is 0 Å². The second-order valence-corrected chi connectivity index (χ2v) is 37.2. The molecule has 0 N–H and O–H groups in total. The van der Waals surface area contributed by atoms with E-state index in [0.717, 1.165) is 0 Å². The van der Waals surface area contributed by atoms with Crippen molar-refractivity contribution in [2.24, 2.45) is 0 Å². The molecule has 0 amide bonds. The van der Waals surface area contributed by atoms with Crippen molar-refractivity contribution in [3.8, 4) is 0 Å². The quantitative estimate of drug-likeness (QED) is 0.507. The van der Waals surface area contributed by atoms with Crippen LogP contribution < -0.4 is 0 Å². The number of fused-ring (bicyclic) bond motifs is 10. The fraction of sp³-hybridized carbons (Fsp3) is 1.00. The zero-order valence-corrected chi connectivity index (χ0v) is 11.2. The van der Waals surface area contributed by atoms with Crippen LogP contribution in [-0.4, -0.2) is 19.5 Å². The van der Waals surface area contributed by atoms with E-state index in [1.165, 1.54) is 4.31 Å². The summed E-state index contributed by atoms with van der Waals surface area (Å²) in [6.07, 6.45) is 1.80. The Kier molecular flexibility index (Phi) is 0.161. The Labute approximate surface area is 81.6 Å². The van der Waals surface area contributed by atoms with E-state index in [1.807, 2.05) is 0 Å². The molecule has 0 aromatic heterocycles. The van der Waals surface area contributed by atoms with Crippen molar-refractivity contribution in [3.05, 3.63) is 0 Å². The molecule has 4 unspecified atom stereocenters. The molecule has 0 aromatic carbocycles. The average Bonchev–Trinajstić information content (AvgIpc) is 3.12. The number of rotatable bonds is 2.